The van der Waals surface area contributed by atoms with E-state index in [-0.39, 0.29) is 0 Å². The fraction of sp³-hybridized carbons (Fsp3) is 0.625. The van der Waals surface area contributed by atoms with Crippen LogP contribution in [0.2, 0.25) is 0 Å². The molecule has 0 radical (unpaired) electrons. The lowest BCUT2D eigenvalue weighted by molar-refractivity contribution is 0.575. The Morgan fingerprint density at radius 2 is 1.83 bits per heavy atom. The molecule has 2 rings (SSSR count). The standard InChI is InChI=1S/C16H25NS/c1-2-3-9-14-18-16-11-6-5-10-15(16)17-12-7-4-8-13-17/h5-6,10-11H,2-4,7-9,12-14H2,1H3. The van der Waals surface area contributed by atoms with Gasteiger partial charge in [-0.2, -0.15) is 0 Å². The van der Waals surface area contributed by atoms with Crippen LogP contribution in [0.3, 0.4) is 0 Å². The molecule has 0 aliphatic carbocycles. The summed E-state index contributed by atoms with van der Waals surface area (Å²) in [4.78, 5) is 4.06. The number of para-hydroxylation sites is 1. The number of anilines is 1. The second-order valence-electron chi connectivity index (χ2n) is 5.07. The van der Waals surface area contributed by atoms with Crippen molar-refractivity contribution in [3.63, 3.8) is 0 Å². The zero-order valence-electron chi connectivity index (χ0n) is 11.5. The van der Waals surface area contributed by atoms with E-state index in [4.69, 9.17) is 0 Å². The van der Waals surface area contributed by atoms with E-state index in [1.54, 1.807) is 0 Å². The van der Waals surface area contributed by atoms with Crippen LogP contribution in [0.4, 0.5) is 5.69 Å². The summed E-state index contributed by atoms with van der Waals surface area (Å²) < 4.78 is 0. The lowest BCUT2D eigenvalue weighted by atomic mass is 10.1. The van der Waals surface area contributed by atoms with Crippen molar-refractivity contribution in [2.75, 3.05) is 23.7 Å². The van der Waals surface area contributed by atoms with E-state index in [1.165, 1.54) is 68.0 Å². The molecule has 1 aliphatic rings. The maximum Gasteiger partial charge on any atom is 0.0504 e. The van der Waals surface area contributed by atoms with Crippen LogP contribution in [-0.4, -0.2) is 18.8 Å². The van der Waals surface area contributed by atoms with Crippen LogP contribution in [0.15, 0.2) is 29.2 Å². The Balaban J connectivity index is 1.96. The predicted molar refractivity (Wildman–Crippen MR) is 82.8 cm³/mol. The first-order valence-corrected chi connectivity index (χ1v) is 8.37. The number of hydrogen-bond acceptors (Lipinski definition) is 2. The van der Waals surface area contributed by atoms with E-state index in [9.17, 15) is 0 Å². The highest BCUT2D eigenvalue weighted by Crippen LogP contribution is 2.32. The molecule has 1 saturated heterocycles. The van der Waals surface area contributed by atoms with E-state index >= 15 is 0 Å². The molecule has 1 aromatic rings. The number of piperidine rings is 1. The molecule has 0 spiro atoms. The molecule has 0 aromatic heterocycles. The van der Waals surface area contributed by atoms with Gasteiger partial charge in [-0.05, 0) is 43.6 Å². The zero-order valence-corrected chi connectivity index (χ0v) is 12.3. The Morgan fingerprint density at radius 1 is 1.06 bits per heavy atom. The molecule has 0 bridgehead atoms. The van der Waals surface area contributed by atoms with Gasteiger partial charge in [-0.15, -0.1) is 11.8 Å². The molecule has 0 N–H and O–H groups in total. The van der Waals surface area contributed by atoms with Crippen LogP contribution in [0.1, 0.15) is 45.4 Å². The van der Waals surface area contributed by atoms with Crippen molar-refractivity contribution in [2.24, 2.45) is 0 Å². The summed E-state index contributed by atoms with van der Waals surface area (Å²) in [5.74, 6) is 1.26. The largest absolute Gasteiger partial charge is 0.371 e. The third-order valence-electron chi connectivity index (χ3n) is 3.57. The quantitative estimate of drug-likeness (QED) is 0.527. The smallest absolute Gasteiger partial charge is 0.0504 e. The minimum Gasteiger partial charge on any atom is -0.371 e. The highest BCUT2D eigenvalue weighted by molar-refractivity contribution is 7.99. The van der Waals surface area contributed by atoms with E-state index in [0.29, 0.717) is 0 Å². The van der Waals surface area contributed by atoms with E-state index < -0.39 is 0 Å². The van der Waals surface area contributed by atoms with Gasteiger partial charge in [0.15, 0.2) is 0 Å². The average molecular weight is 263 g/mol. The number of benzene rings is 1. The monoisotopic (exact) mass is 263 g/mol. The SMILES string of the molecule is CCCCCSc1ccccc1N1CCCCC1. The van der Waals surface area contributed by atoms with Crippen molar-refractivity contribution in [3.8, 4) is 0 Å². The Hall–Kier alpha value is -0.630. The van der Waals surface area contributed by atoms with Gasteiger partial charge in [0.1, 0.15) is 0 Å². The van der Waals surface area contributed by atoms with E-state index in [1.807, 2.05) is 11.8 Å². The first-order valence-electron chi connectivity index (χ1n) is 7.38. The van der Waals surface area contributed by atoms with Gasteiger partial charge < -0.3 is 4.90 Å². The number of thioether (sulfide) groups is 1. The summed E-state index contributed by atoms with van der Waals surface area (Å²) in [6.45, 7) is 4.76. The van der Waals surface area contributed by atoms with Crippen LogP contribution in [0.5, 0.6) is 0 Å². The molecule has 1 fully saturated rings. The van der Waals surface area contributed by atoms with Gasteiger partial charge in [-0.25, -0.2) is 0 Å². The van der Waals surface area contributed by atoms with Crippen LogP contribution in [-0.2, 0) is 0 Å². The lowest BCUT2D eigenvalue weighted by Gasteiger charge is -2.30. The molecular formula is C16H25NS. The van der Waals surface area contributed by atoms with Gasteiger partial charge in [-0.1, -0.05) is 31.9 Å². The first-order chi connectivity index (χ1) is 8.92. The molecule has 0 amide bonds. The normalized spacial score (nSPS) is 15.9. The maximum atomic E-state index is 2.58. The Morgan fingerprint density at radius 3 is 2.61 bits per heavy atom. The summed E-state index contributed by atoms with van der Waals surface area (Å²) in [5, 5.41) is 0. The summed E-state index contributed by atoms with van der Waals surface area (Å²) in [6.07, 6.45) is 8.13. The fourth-order valence-electron chi connectivity index (χ4n) is 2.51. The topological polar surface area (TPSA) is 3.24 Å². The molecule has 1 aliphatic heterocycles. The lowest BCUT2D eigenvalue weighted by Crippen LogP contribution is -2.29. The third kappa shape index (κ3) is 3.94. The second kappa shape index (κ2) is 7.73. The molecule has 1 heterocycles. The number of unbranched alkanes of at least 4 members (excludes halogenated alkanes) is 2. The molecule has 0 unspecified atom stereocenters. The van der Waals surface area contributed by atoms with Crippen LogP contribution < -0.4 is 4.90 Å². The Kier molecular flexibility index (Phi) is 5.92. The molecule has 100 valence electrons. The molecule has 18 heavy (non-hydrogen) atoms. The molecule has 0 saturated carbocycles. The van der Waals surface area contributed by atoms with Gasteiger partial charge in [-0.3, -0.25) is 0 Å². The Labute approximate surface area is 116 Å². The molecular weight excluding hydrogens is 238 g/mol. The van der Waals surface area contributed by atoms with Crippen molar-refractivity contribution in [1.29, 1.82) is 0 Å². The maximum absolute atomic E-state index is 2.58. The second-order valence-corrected chi connectivity index (χ2v) is 6.21. The van der Waals surface area contributed by atoms with Gasteiger partial charge in [0.25, 0.3) is 0 Å². The minimum absolute atomic E-state index is 1.24. The van der Waals surface area contributed by atoms with Crippen molar-refractivity contribution in [1.82, 2.24) is 0 Å². The van der Waals surface area contributed by atoms with E-state index in [2.05, 4.69) is 36.1 Å². The number of hydrogen-bond donors (Lipinski definition) is 0. The van der Waals surface area contributed by atoms with Crippen LogP contribution in [0.25, 0.3) is 0 Å². The van der Waals surface area contributed by atoms with E-state index in [0.717, 1.165) is 0 Å². The van der Waals surface area contributed by atoms with Crippen molar-refractivity contribution >= 4 is 17.4 Å². The summed E-state index contributed by atoms with van der Waals surface area (Å²) >= 11 is 2.04. The summed E-state index contributed by atoms with van der Waals surface area (Å²) in [6, 6.07) is 8.95. The van der Waals surface area contributed by atoms with Crippen molar-refractivity contribution in [2.45, 2.75) is 50.3 Å². The number of rotatable bonds is 6. The summed E-state index contributed by atoms with van der Waals surface area (Å²) in [5.41, 5.74) is 1.47. The number of nitrogens with zero attached hydrogens (tertiary/aromatic N) is 1. The fourth-order valence-corrected chi connectivity index (χ4v) is 3.60. The van der Waals surface area contributed by atoms with Crippen LogP contribution in [0, 0.1) is 0 Å². The van der Waals surface area contributed by atoms with Crippen molar-refractivity contribution < 1.29 is 0 Å². The zero-order chi connectivity index (χ0) is 12.6. The highest BCUT2D eigenvalue weighted by atomic mass is 32.2. The minimum atomic E-state index is 1.24. The average Bonchev–Trinajstić information content (AvgIpc) is 2.45. The highest BCUT2D eigenvalue weighted by Gasteiger charge is 2.13. The third-order valence-corrected chi connectivity index (χ3v) is 4.72. The van der Waals surface area contributed by atoms with Crippen molar-refractivity contribution in [3.05, 3.63) is 24.3 Å². The summed E-state index contributed by atoms with van der Waals surface area (Å²) in [7, 11) is 0. The molecule has 0 atom stereocenters. The first kappa shape index (κ1) is 13.8. The van der Waals surface area contributed by atoms with Gasteiger partial charge >= 0.3 is 0 Å². The predicted octanol–water partition coefficient (Wildman–Crippen LogP) is 4.96. The van der Waals surface area contributed by atoms with Gasteiger partial charge in [0, 0.05) is 18.0 Å². The van der Waals surface area contributed by atoms with Crippen LogP contribution >= 0.6 is 11.8 Å². The molecule has 1 aromatic carbocycles. The van der Waals surface area contributed by atoms with Gasteiger partial charge in [0.05, 0.1) is 5.69 Å². The molecule has 1 nitrogen and oxygen atoms in total. The molecule has 2 heteroatoms. The van der Waals surface area contributed by atoms with Gasteiger partial charge in [0.2, 0.25) is 0 Å². The Bertz CT molecular complexity index is 345.